The van der Waals surface area contributed by atoms with Crippen molar-refractivity contribution in [3.63, 3.8) is 0 Å². The summed E-state index contributed by atoms with van der Waals surface area (Å²) < 4.78 is 0. The predicted molar refractivity (Wildman–Crippen MR) is 40.3 cm³/mol. The van der Waals surface area contributed by atoms with Crippen LogP contribution in [-0.4, -0.2) is 6.00 Å². The minimum absolute atomic E-state index is 0.514. The number of nitrogens with one attached hydrogen (secondary N) is 1. The molecule has 1 aliphatic rings. The molecule has 0 aromatic rings. The van der Waals surface area contributed by atoms with E-state index >= 15 is 0 Å². The third kappa shape index (κ3) is 2.10. The van der Waals surface area contributed by atoms with Crippen molar-refractivity contribution >= 4 is 11.6 Å². The fourth-order valence-electron chi connectivity index (χ4n) is 0.830. The smallest absolute Gasteiger partial charge is 0.0899 e. The third-order valence-corrected chi connectivity index (χ3v) is 1.43. The number of halogens is 1. The summed E-state index contributed by atoms with van der Waals surface area (Å²) in [5.74, 6) is 0. The predicted octanol–water partition coefficient (Wildman–Crippen LogP) is 2.01. The molecule has 0 saturated heterocycles. The number of alkyl halides is 1. The molecule has 0 unspecified atom stereocenters. The van der Waals surface area contributed by atoms with E-state index < -0.39 is 0 Å². The first-order valence-electron chi connectivity index (χ1n) is 3.07. The van der Waals surface area contributed by atoms with Crippen LogP contribution in [0.4, 0.5) is 0 Å². The zero-order valence-electron chi connectivity index (χ0n) is 5.23. The first kappa shape index (κ1) is 6.69. The topological polar surface area (TPSA) is 12.0 Å². The first-order valence-corrected chi connectivity index (χ1v) is 3.61. The molecule has 50 valence electrons. The molecule has 0 saturated carbocycles. The molecule has 9 heavy (non-hydrogen) atoms. The van der Waals surface area contributed by atoms with E-state index in [2.05, 4.69) is 23.5 Å². The number of hydrogen-bond acceptors (Lipinski definition) is 1. The normalized spacial score (nSPS) is 17.2. The van der Waals surface area contributed by atoms with Crippen molar-refractivity contribution in [2.45, 2.75) is 12.8 Å². The van der Waals surface area contributed by atoms with Gasteiger partial charge in [0.2, 0.25) is 0 Å². The highest BCUT2D eigenvalue weighted by molar-refractivity contribution is 6.17. The lowest BCUT2D eigenvalue weighted by atomic mass is 10.1. The van der Waals surface area contributed by atoms with Gasteiger partial charge in [-0.1, -0.05) is 18.2 Å². The van der Waals surface area contributed by atoms with Crippen molar-refractivity contribution in [2.24, 2.45) is 0 Å². The van der Waals surface area contributed by atoms with Gasteiger partial charge in [-0.05, 0) is 6.42 Å². The second kappa shape index (κ2) is 3.57. The second-order valence-electron chi connectivity index (χ2n) is 1.95. The fraction of sp³-hybridized carbons (Fsp3) is 0.429. The van der Waals surface area contributed by atoms with Crippen LogP contribution in [0, 0.1) is 0 Å². The summed E-state index contributed by atoms with van der Waals surface area (Å²) in [6.07, 6.45) is 8.50. The maximum absolute atomic E-state index is 5.46. The Morgan fingerprint density at radius 1 is 1.56 bits per heavy atom. The Labute approximate surface area is 60.4 Å². The van der Waals surface area contributed by atoms with Crippen LogP contribution < -0.4 is 5.32 Å². The van der Waals surface area contributed by atoms with E-state index in [1.165, 1.54) is 5.70 Å². The summed E-state index contributed by atoms with van der Waals surface area (Å²) >= 11 is 5.46. The molecule has 0 atom stereocenters. The number of hydrogen-bond donors (Lipinski definition) is 1. The second-order valence-corrected chi connectivity index (χ2v) is 2.22. The molecular weight excluding hydrogens is 134 g/mol. The largest absolute Gasteiger partial charge is 0.375 e. The molecule has 0 spiro atoms. The maximum atomic E-state index is 5.46. The lowest BCUT2D eigenvalue weighted by Gasteiger charge is -2.07. The lowest BCUT2D eigenvalue weighted by molar-refractivity contribution is 0.885. The Balaban J connectivity index is 2.32. The zero-order chi connectivity index (χ0) is 6.53. The van der Waals surface area contributed by atoms with Crippen LogP contribution in [0.25, 0.3) is 0 Å². The average molecular weight is 144 g/mol. The molecular formula is C7H10ClN. The molecule has 0 aromatic carbocycles. The SMILES string of the molecule is ClCNC1=CCC=CC1. The summed E-state index contributed by atoms with van der Waals surface area (Å²) in [6, 6.07) is 0.514. The van der Waals surface area contributed by atoms with Crippen LogP contribution in [0.3, 0.4) is 0 Å². The van der Waals surface area contributed by atoms with Crippen molar-refractivity contribution in [1.29, 1.82) is 0 Å². The van der Waals surface area contributed by atoms with E-state index in [4.69, 9.17) is 11.6 Å². The van der Waals surface area contributed by atoms with Crippen molar-refractivity contribution in [1.82, 2.24) is 5.32 Å². The van der Waals surface area contributed by atoms with Crippen LogP contribution in [0.5, 0.6) is 0 Å². The van der Waals surface area contributed by atoms with Gasteiger partial charge in [0.15, 0.2) is 0 Å². The Morgan fingerprint density at radius 3 is 3.00 bits per heavy atom. The number of rotatable bonds is 2. The molecule has 1 aliphatic carbocycles. The molecule has 0 heterocycles. The van der Waals surface area contributed by atoms with E-state index in [1.807, 2.05) is 0 Å². The van der Waals surface area contributed by atoms with Crippen molar-refractivity contribution in [3.05, 3.63) is 23.9 Å². The van der Waals surface area contributed by atoms with Crippen LogP contribution in [0.2, 0.25) is 0 Å². The fourth-order valence-corrected chi connectivity index (χ4v) is 1.00. The molecule has 0 fully saturated rings. The van der Waals surface area contributed by atoms with Crippen LogP contribution in [-0.2, 0) is 0 Å². The van der Waals surface area contributed by atoms with Gasteiger partial charge in [-0.3, -0.25) is 0 Å². The summed E-state index contributed by atoms with van der Waals surface area (Å²) in [5.41, 5.74) is 1.24. The lowest BCUT2D eigenvalue weighted by Crippen LogP contribution is -2.10. The van der Waals surface area contributed by atoms with Gasteiger partial charge in [-0.25, -0.2) is 0 Å². The molecule has 0 aromatic heterocycles. The minimum Gasteiger partial charge on any atom is -0.375 e. The van der Waals surface area contributed by atoms with Gasteiger partial charge in [-0.15, -0.1) is 11.6 Å². The molecule has 0 radical (unpaired) electrons. The van der Waals surface area contributed by atoms with Gasteiger partial charge < -0.3 is 5.32 Å². The van der Waals surface area contributed by atoms with Crippen molar-refractivity contribution in [3.8, 4) is 0 Å². The molecule has 1 nitrogen and oxygen atoms in total. The molecule has 2 heteroatoms. The average Bonchev–Trinajstić information content (AvgIpc) is 1.91. The standard InChI is InChI=1S/C7H10ClN/c8-6-9-7-4-2-1-3-5-7/h1-2,5,9H,3-4,6H2. The molecule has 0 aliphatic heterocycles. The van der Waals surface area contributed by atoms with Crippen LogP contribution in [0.1, 0.15) is 12.8 Å². The van der Waals surface area contributed by atoms with Gasteiger partial charge in [0.25, 0.3) is 0 Å². The minimum atomic E-state index is 0.514. The van der Waals surface area contributed by atoms with Gasteiger partial charge in [0, 0.05) is 12.1 Å². The van der Waals surface area contributed by atoms with Gasteiger partial charge in [0.1, 0.15) is 0 Å². The van der Waals surface area contributed by atoms with Gasteiger partial charge in [0.05, 0.1) is 6.00 Å². The van der Waals surface area contributed by atoms with E-state index in [-0.39, 0.29) is 0 Å². The van der Waals surface area contributed by atoms with Crippen LogP contribution >= 0.6 is 11.6 Å². The van der Waals surface area contributed by atoms with Gasteiger partial charge in [-0.2, -0.15) is 0 Å². The van der Waals surface area contributed by atoms with Crippen molar-refractivity contribution in [2.75, 3.05) is 6.00 Å². The third-order valence-electron chi connectivity index (χ3n) is 1.30. The highest BCUT2D eigenvalue weighted by Gasteiger charge is 1.94. The Bertz CT molecular complexity index is 138. The summed E-state index contributed by atoms with van der Waals surface area (Å²) in [5, 5.41) is 3.06. The molecule has 0 bridgehead atoms. The maximum Gasteiger partial charge on any atom is 0.0899 e. The molecule has 0 amide bonds. The van der Waals surface area contributed by atoms with Crippen LogP contribution in [0.15, 0.2) is 23.9 Å². The summed E-state index contributed by atoms with van der Waals surface area (Å²) in [4.78, 5) is 0. The molecule has 1 rings (SSSR count). The highest BCUT2D eigenvalue weighted by Crippen LogP contribution is 2.06. The van der Waals surface area contributed by atoms with E-state index in [0.717, 1.165) is 12.8 Å². The van der Waals surface area contributed by atoms with Gasteiger partial charge >= 0.3 is 0 Å². The van der Waals surface area contributed by atoms with E-state index in [0.29, 0.717) is 6.00 Å². The highest BCUT2D eigenvalue weighted by atomic mass is 35.5. The Hall–Kier alpha value is -0.430. The monoisotopic (exact) mass is 143 g/mol. The quantitative estimate of drug-likeness (QED) is 0.354. The number of allylic oxidation sites excluding steroid dienone is 3. The Morgan fingerprint density at radius 2 is 2.44 bits per heavy atom. The van der Waals surface area contributed by atoms with E-state index in [1.54, 1.807) is 0 Å². The summed E-state index contributed by atoms with van der Waals surface area (Å²) in [6.45, 7) is 0. The summed E-state index contributed by atoms with van der Waals surface area (Å²) in [7, 11) is 0. The van der Waals surface area contributed by atoms with Crippen molar-refractivity contribution < 1.29 is 0 Å². The zero-order valence-corrected chi connectivity index (χ0v) is 5.99. The van der Waals surface area contributed by atoms with E-state index in [9.17, 15) is 0 Å². The Kier molecular flexibility index (Phi) is 2.65. The first-order chi connectivity index (χ1) is 4.43. The molecule has 1 N–H and O–H groups in total.